The number of benzene rings is 1. The third-order valence-electron chi connectivity index (χ3n) is 3.91. The van der Waals surface area contributed by atoms with Gasteiger partial charge in [0.15, 0.2) is 11.5 Å². The zero-order valence-electron chi connectivity index (χ0n) is 11.8. The van der Waals surface area contributed by atoms with Crippen molar-refractivity contribution in [2.24, 2.45) is 5.92 Å². The molecule has 2 unspecified atom stereocenters. The topological polar surface area (TPSA) is 30.5 Å². The molecule has 1 saturated carbocycles. The van der Waals surface area contributed by atoms with Gasteiger partial charge in [0.2, 0.25) is 0 Å². The van der Waals surface area contributed by atoms with Crippen molar-refractivity contribution in [2.75, 3.05) is 19.8 Å². The lowest BCUT2D eigenvalue weighted by Gasteiger charge is -2.10. The van der Waals surface area contributed by atoms with Crippen LogP contribution in [-0.4, -0.2) is 25.8 Å². The Labute approximate surface area is 115 Å². The fourth-order valence-electron chi connectivity index (χ4n) is 2.68. The average molecular weight is 261 g/mol. The largest absolute Gasteiger partial charge is 0.490 e. The summed E-state index contributed by atoms with van der Waals surface area (Å²) < 4.78 is 11.4. The lowest BCUT2D eigenvalue weighted by atomic mass is 10.1. The Kier molecular flexibility index (Phi) is 3.65. The van der Waals surface area contributed by atoms with Gasteiger partial charge in [-0.2, -0.15) is 0 Å². The van der Waals surface area contributed by atoms with Gasteiger partial charge in [0, 0.05) is 12.5 Å². The minimum absolute atomic E-state index is 0.574. The van der Waals surface area contributed by atoms with Crippen LogP contribution in [0.15, 0.2) is 18.2 Å². The first kappa shape index (κ1) is 12.8. The van der Waals surface area contributed by atoms with Crippen LogP contribution in [0.3, 0.4) is 0 Å². The van der Waals surface area contributed by atoms with Crippen molar-refractivity contribution >= 4 is 0 Å². The van der Waals surface area contributed by atoms with Gasteiger partial charge < -0.3 is 14.8 Å². The quantitative estimate of drug-likeness (QED) is 0.904. The van der Waals surface area contributed by atoms with Crippen molar-refractivity contribution < 1.29 is 9.47 Å². The van der Waals surface area contributed by atoms with E-state index in [-0.39, 0.29) is 0 Å². The molecule has 1 aromatic rings. The van der Waals surface area contributed by atoms with Gasteiger partial charge in [-0.1, -0.05) is 19.9 Å². The number of ether oxygens (including phenoxy) is 2. The molecule has 3 rings (SSSR count). The van der Waals surface area contributed by atoms with Crippen LogP contribution in [0.5, 0.6) is 11.5 Å². The second-order valence-electron chi connectivity index (χ2n) is 5.92. The van der Waals surface area contributed by atoms with Gasteiger partial charge in [-0.05, 0) is 42.5 Å². The molecule has 19 heavy (non-hydrogen) atoms. The highest BCUT2D eigenvalue weighted by Gasteiger charge is 2.38. The highest BCUT2D eigenvalue weighted by atomic mass is 16.5. The van der Waals surface area contributed by atoms with E-state index in [1.165, 1.54) is 12.0 Å². The van der Waals surface area contributed by atoms with E-state index in [2.05, 4.69) is 37.4 Å². The summed E-state index contributed by atoms with van der Waals surface area (Å²) in [4.78, 5) is 0. The Morgan fingerprint density at radius 2 is 2.00 bits per heavy atom. The van der Waals surface area contributed by atoms with Gasteiger partial charge in [0.25, 0.3) is 0 Å². The van der Waals surface area contributed by atoms with Crippen molar-refractivity contribution in [1.82, 2.24) is 5.32 Å². The van der Waals surface area contributed by atoms with E-state index < -0.39 is 0 Å². The summed E-state index contributed by atoms with van der Waals surface area (Å²) in [6.07, 6.45) is 2.26. The van der Waals surface area contributed by atoms with E-state index in [9.17, 15) is 0 Å². The summed E-state index contributed by atoms with van der Waals surface area (Å²) in [5, 5.41) is 3.52. The monoisotopic (exact) mass is 261 g/mol. The van der Waals surface area contributed by atoms with E-state index in [1.807, 2.05) is 0 Å². The highest BCUT2D eigenvalue weighted by molar-refractivity contribution is 5.45. The number of nitrogens with one attached hydrogen (secondary N) is 1. The smallest absolute Gasteiger partial charge is 0.161 e. The van der Waals surface area contributed by atoms with Crippen LogP contribution in [0.25, 0.3) is 0 Å². The third kappa shape index (κ3) is 3.03. The fraction of sp³-hybridized carbons (Fsp3) is 0.625. The summed E-state index contributed by atoms with van der Waals surface area (Å²) in [6.45, 7) is 7.04. The fourth-order valence-corrected chi connectivity index (χ4v) is 2.68. The maximum absolute atomic E-state index is 5.76. The normalized spacial score (nSPS) is 25.2. The van der Waals surface area contributed by atoms with E-state index in [0.717, 1.165) is 43.6 Å². The molecule has 2 atom stereocenters. The molecule has 104 valence electrons. The molecular formula is C16H23NO2. The second kappa shape index (κ2) is 5.41. The van der Waals surface area contributed by atoms with E-state index in [0.29, 0.717) is 12.0 Å². The lowest BCUT2D eigenvalue weighted by Crippen LogP contribution is -2.25. The standard InChI is InChI=1S/C16H23NO2/c1-11(2)17-10-13-8-14(13)12-4-5-15-16(9-12)19-7-3-6-18-15/h4-5,9,11,13-14,17H,3,6-8,10H2,1-2H3. The Morgan fingerprint density at radius 1 is 1.21 bits per heavy atom. The summed E-state index contributed by atoms with van der Waals surface area (Å²) in [7, 11) is 0. The molecule has 0 amide bonds. The zero-order valence-corrected chi connectivity index (χ0v) is 11.8. The van der Waals surface area contributed by atoms with Crippen LogP contribution in [0.1, 0.15) is 38.2 Å². The van der Waals surface area contributed by atoms with Gasteiger partial charge in [-0.25, -0.2) is 0 Å². The molecule has 3 heteroatoms. The van der Waals surface area contributed by atoms with Crippen molar-refractivity contribution in [3.63, 3.8) is 0 Å². The molecule has 1 fully saturated rings. The van der Waals surface area contributed by atoms with Crippen LogP contribution in [0, 0.1) is 5.92 Å². The Bertz CT molecular complexity index is 444. The minimum atomic E-state index is 0.574. The first-order valence-electron chi connectivity index (χ1n) is 7.37. The van der Waals surface area contributed by atoms with Crippen LogP contribution in [-0.2, 0) is 0 Å². The zero-order chi connectivity index (χ0) is 13.2. The Hall–Kier alpha value is -1.22. The molecule has 0 aromatic heterocycles. The van der Waals surface area contributed by atoms with Gasteiger partial charge in [0.1, 0.15) is 0 Å². The first-order valence-corrected chi connectivity index (χ1v) is 7.37. The Balaban J connectivity index is 1.65. The predicted molar refractivity (Wildman–Crippen MR) is 76.0 cm³/mol. The SMILES string of the molecule is CC(C)NCC1CC1c1ccc2c(c1)OCCCO2. The number of fused-ring (bicyclic) bond motifs is 1. The van der Waals surface area contributed by atoms with Gasteiger partial charge >= 0.3 is 0 Å². The van der Waals surface area contributed by atoms with E-state index in [1.54, 1.807) is 0 Å². The lowest BCUT2D eigenvalue weighted by molar-refractivity contribution is 0.297. The molecule has 0 bridgehead atoms. The summed E-state index contributed by atoms with van der Waals surface area (Å²) in [5.41, 5.74) is 1.40. The highest BCUT2D eigenvalue weighted by Crippen LogP contribution is 2.48. The minimum Gasteiger partial charge on any atom is -0.490 e. The second-order valence-corrected chi connectivity index (χ2v) is 5.92. The summed E-state index contributed by atoms with van der Waals surface area (Å²) >= 11 is 0. The van der Waals surface area contributed by atoms with Crippen molar-refractivity contribution in [2.45, 2.75) is 38.6 Å². The molecule has 3 nitrogen and oxygen atoms in total. The molecule has 1 N–H and O–H groups in total. The predicted octanol–water partition coefficient (Wildman–Crippen LogP) is 2.95. The molecule has 1 aliphatic heterocycles. The molecule has 0 radical (unpaired) electrons. The molecule has 0 spiro atoms. The number of hydrogen-bond donors (Lipinski definition) is 1. The van der Waals surface area contributed by atoms with Gasteiger partial charge in [-0.15, -0.1) is 0 Å². The average Bonchev–Trinajstić information content (AvgIpc) is 3.19. The molecule has 0 saturated heterocycles. The molecule has 1 aromatic carbocycles. The van der Waals surface area contributed by atoms with Crippen LogP contribution in [0.4, 0.5) is 0 Å². The van der Waals surface area contributed by atoms with Crippen LogP contribution in [0.2, 0.25) is 0 Å². The van der Waals surface area contributed by atoms with Crippen LogP contribution >= 0.6 is 0 Å². The maximum atomic E-state index is 5.76. The third-order valence-corrected chi connectivity index (χ3v) is 3.91. The van der Waals surface area contributed by atoms with Gasteiger partial charge in [0.05, 0.1) is 13.2 Å². The Morgan fingerprint density at radius 3 is 2.79 bits per heavy atom. The molecular weight excluding hydrogens is 238 g/mol. The summed E-state index contributed by atoms with van der Waals surface area (Å²) in [5.74, 6) is 3.31. The van der Waals surface area contributed by atoms with Gasteiger partial charge in [-0.3, -0.25) is 0 Å². The van der Waals surface area contributed by atoms with Crippen molar-refractivity contribution in [3.8, 4) is 11.5 Å². The van der Waals surface area contributed by atoms with E-state index >= 15 is 0 Å². The number of rotatable bonds is 4. The van der Waals surface area contributed by atoms with Crippen molar-refractivity contribution in [1.29, 1.82) is 0 Å². The van der Waals surface area contributed by atoms with E-state index in [4.69, 9.17) is 9.47 Å². The van der Waals surface area contributed by atoms with Crippen LogP contribution < -0.4 is 14.8 Å². The molecule has 1 aliphatic carbocycles. The molecule has 2 aliphatic rings. The van der Waals surface area contributed by atoms with Crippen molar-refractivity contribution in [3.05, 3.63) is 23.8 Å². The molecule has 1 heterocycles. The maximum Gasteiger partial charge on any atom is 0.161 e. The first-order chi connectivity index (χ1) is 9.24. The number of hydrogen-bond acceptors (Lipinski definition) is 3. The summed E-state index contributed by atoms with van der Waals surface area (Å²) in [6, 6.07) is 7.03.